The number of nitrogens with one attached hydrogen (secondary N) is 1. The summed E-state index contributed by atoms with van der Waals surface area (Å²) in [4.78, 5) is 11.9. The molecular weight excluding hydrogens is 256 g/mol. The molecule has 0 fully saturated rings. The summed E-state index contributed by atoms with van der Waals surface area (Å²) in [6, 6.07) is 5.68. The van der Waals surface area contributed by atoms with E-state index in [1.54, 1.807) is 0 Å². The number of hydrogen-bond acceptors (Lipinski definition) is 4. The molecule has 20 heavy (non-hydrogen) atoms. The molecule has 0 aromatic heterocycles. The molecule has 1 heterocycles. The van der Waals surface area contributed by atoms with Crippen LogP contribution in [0, 0.1) is 5.92 Å². The Morgan fingerprint density at radius 1 is 1.35 bits per heavy atom. The molecule has 0 bridgehead atoms. The molecule has 0 radical (unpaired) electrons. The summed E-state index contributed by atoms with van der Waals surface area (Å²) in [6.07, 6.45) is 1.32. The third-order valence-electron chi connectivity index (χ3n) is 3.54. The highest BCUT2D eigenvalue weighted by Gasteiger charge is 2.16. The minimum absolute atomic E-state index is 0.0508. The molecule has 1 aliphatic heterocycles. The summed E-state index contributed by atoms with van der Waals surface area (Å²) in [7, 11) is 0. The van der Waals surface area contributed by atoms with E-state index in [1.165, 1.54) is 0 Å². The third-order valence-corrected chi connectivity index (χ3v) is 3.54. The molecule has 3 N–H and O–H groups in total. The summed E-state index contributed by atoms with van der Waals surface area (Å²) in [6.45, 7) is 4.89. The van der Waals surface area contributed by atoms with Crippen molar-refractivity contribution >= 4 is 5.91 Å². The molecule has 1 aromatic carbocycles. The summed E-state index contributed by atoms with van der Waals surface area (Å²) in [5.41, 5.74) is 6.55. The van der Waals surface area contributed by atoms with Gasteiger partial charge >= 0.3 is 0 Å². The number of benzene rings is 1. The van der Waals surface area contributed by atoms with Gasteiger partial charge in [-0.05, 0) is 43.5 Å². The Balaban J connectivity index is 1.88. The lowest BCUT2D eigenvalue weighted by Crippen LogP contribution is -2.27. The van der Waals surface area contributed by atoms with Gasteiger partial charge in [0.05, 0.1) is 6.04 Å². The van der Waals surface area contributed by atoms with Crippen molar-refractivity contribution in [2.45, 2.75) is 32.7 Å². The van der Waals surface area contributed by atoms with Crippen LogP contribution in [0.4, 0.5) is 0 Å². The van der Waals surface area contributed by atoms with Crippen molar-refractivity contribution in [2.24, 2.45) is 11.7 Å². The minimum Gasteiger partial charge on any atom is -0.454 e. The monoisotopic (exact) mass is 278 g/mol. The van der Waals surface area contributed by atoms with Crippen molar-refractivity contribution in [3.05, 3.63) is 23.8 Å². The van der Waals surface area contributed by atoms with Gasteiger partial charge in [0.1, 0.15) is 0 Å². The van der Waals surface area contributed by atoms with E-state index in [4.69, 9.17) is 15.2 Å². The topological polar surface area (TPSA) is 73.6 Å². The van der Waals surface area contributed by atoms with Crippen molar-refractivity contribution in [1.82, 2.24) is 5.32 Å². The van der Waals surface area contributed by atoms with E-state index in [0.717, 1.165) is 23.5 Å². The summed E-state index contributed by atoms with van der Waals surface area (Å²) < 4.78 is 10.6. The zero-order valence-corrected chi connectivity index (χ0v) is 12.0. The largest absolute Gasteiger partial charge is 0.454 e. The Bertz CT molecular complexity index is 476. The molecule has 0 saturated carbocycles. The molecule has 0 aliphatic carbocycles. The second-order valence-corrected chi connectivity index (χ2v) is 5.28. The van der Waals surface area contributed by atoms with Crippen LogP contribution in [0.3, 0.4) is 0 Å². The van der Waals surface area contributed by atoms with Crippen LogP contribution in [-0.4, -0.2) is 19.2 Å². The lowest BCUT2D eigenvalue weighted by molar-refractivity contribution is -0.122. The van der Waals surface area contributed by atoms with E-state index in [9.17, 15) is 4.79 Å². The number of carbonyl (C=O) groups is 1. The number of nitrogens with two attached hydrogens (primary N) is 1. The Hall–Kier alpha value is -1.75. The number of fused-ring (bicyclic) bond motifs is 1. The maximum atomic E-state index is 11.9. The summed E-state index contributed by atoms with van der Waals surface area (Å²) >= 11 is 0. The van der Waals surface area contributed by atoms with E-state index in [0.29, 0.717) is 18.9 Å². The van der Waals surface area contributed by atoms with Gasteiger partial charge in [-0.25, -0.2) is 0 Å². The molecule has 1 amide bonds. The van der Waals surface area contributed by atoms with Gasteiger partial charge in [-0.1, -0.05) is 13.0 Å². The fourth-order valence-corrected chi connectivity index (χ4v) is 2.07. The first kappa shape index (κ1) is 14.7. The normalized spacial score (nSPS) is 15.8. The first-order valence-corrected chi connectivity index (χ1v) is 6.99. The van der Waals surface area contributed by atoms with E-state index < -0.39 is 0 Å². The maximum absolute atomic E-state index is 11.9. The first-order chi connectivity index (χ1) is 9.60. The van der Waals surface area contributed by atoms with Crippen molar-refractivity contribution in [2.75, 3.05) is 13.3 Å². The van der Waals surface area contributed by atoms with Crippen molar-refractivity contribution in [1.29, 1.82) is 0 Å². The molecule has 0 saturated heterocycles. The number of ether oxygens (including phenoxy) is 2. The van der Waals surface area contributed by atoms with Gasteiger partial charge in [0.15, 0.2) is 11.5 Å². The lowest BCUT2D eigenvalue weighted by Gasteiger charge is -2.15. The molecule has 2 rings (SSSR count). The Kier molecular flexibility index (Phi) is 4.84. The second kappa shape index (κ2) is 6.61. The first-order valence-electron chi connectivity index (χ1n) is 6.99. The zero-order chi connectivity index (χ0) is 14.5. The predicted molar refractivity (Wildman–Crippen MR) is 76.6 cm³/mol. The molecule has 5 heteroatoms. The maximum Gasteiger partial charge on any atom is 0.231 e. The highest BCUT2D eigenvalue weighted by atomic mass is 16.7. The van der Waals surface area contributed by atoms with E-state index >= 15 is 0 Å². The van der Waals surface area contributed by atoms with Crippen molar-refractivity contribution < 1.29 is 14.3 Å². The molecule has 5 nitrogen and oxygen atoms in total. The summed E-state index contributed by atoms with van der Waals surface area (Å²) in [5.74, 6) is 1.92. The van der Waals surface area contributed by atoms with E-state index in [2.05, 4.69) is 12.2 Å². The standard InChI is InChI=1S/C15H22N2O3/c1-10(8-16)3-6-15(18)17-11(2)12-4-5-13-14(7-12)20-9-19-13/h4-5,7,10-11H,3,6,8-9,16H2,1-2H3,(H,17,18). The van der Waals surface area contributed by atoms with Gasteiger partial charge in [-0.2, -0.15) is 0 Å². The van der Waals surface area contributed by atoms with Gasteiger partial charge in [-0.15, -0.1) is 0 Å². The smallest absolute Gasteiger partial charge is 0.231 e. The van der Waals surface area contributed by atoms with Crippen molar-refractivity contribution in [3.63, 3.8) is 0 Å². The van der Waals surface area contributed by atoms with Crippen LogP contribution >= 0.6 is 0 Å². The molecule has 0 spiro atoms. The van der Waals surface area contributed by atoms with Crippen LogP contribution in [0.2, 0.25) is 0 Å². The number of rotatable bonds is 6. The number of hydrogen-bond donors (Lipinski definition) is 2. The molecule has 1 aromatic rings. The third kappa shape index (κ3) is 3.63. The zero-order valence-electron chi connectivity index (χ0n) is 12.0. The van der Waals surface area contributed by atoms with Crippen LogP contribution in [-0.2, 0) is 4.79 Å². The van der Waals surface area contributed by atoms with E-state index in [1.807, 2.05) is 25.1 Å². The number of carbonyl (C=O) groups excluding carboxylic acids is 1. The van der Waals surface area contributed by atoms with Gasteiger partial charge in [-0.3, -0.25) is 4.79 Å². The van der Waals surface area contributed by atoms with Crippen molar-refractivity contribution in [3.8, 4) is 11.5 Å². The van der Waals surface area contributed by atoms with Crippen LogP contribution in [0.25, 0.3) is 0 Å². The lowest BCUT2D eigenvalue weighted by atomic mass is 10.0. The average Bonchev–Trinajstić information content (AvgIpc) is 2.91. The Morgan fingerprint density at radius 2 is 2.10 bits per heavy atom. The average molecular weight is 278 g/mol. The predicted octanol–water partition coefficient (Wildman–Crippen LogP) is 1.97. The second-order valence-electron chi connectivity index (χ2n) is 5.28. The van der Waals surface area contributed by atoms with Crippen LogP contribution < -0.4 is 20.5 Å². The minimum atomic E-state index is -0.0508. The van der Waals surface area contributed by atoms with Gasteiger partial charge in [0.25, 0.3) is 0 Å². The number of amides is 1. The molecular formula is C15H22N2O3. The molecule has 110 valence electrons. The van der Waals surface area contributed by atoms with Gasteiger partial charge in [0, 0.05) is 6.42 Å². The Morgan fingerprint density at radius 3 is 2.85 bits per heavy atom. The highest BCUT2D eigenvalue weighted by molar-refractivity contribution is 5.76. The van der Waals surface area contributed by atoms with Gasteiger partial charge < -0.3 is 20.5 Å². The van der Waals surface area contributed by atoms with Crippen LogP contribution in [0.5, 0.6) is 11.5 Å². The van der Waals surface area contributed by atoms with E-state index in [-0.39, 0.29) is 18.7 Å². The van der Waals surface area contributed by atoms with Crippen LogP contribution in [0.15, 0.2) is 18.2 Å². The van der Waals surface area contributed by atoms with Crippen LogP contribution in [0.1, 0.15) is 38.3 Å². The fraction of sp³-hybridized carbons (Fsp3) is 0.533. The Labute approximate surface area is 119 Å². The van der Waals surface area contributed by atoms with Gasteiger partial charge in [0.2, 0.25) is 12.7 Å². The molecule has 2 atom stereocenters. The highest BCUT2D eigenvalue weighted by Crippen LogP contribution is 2.34. The summed E-state index contributed by atoms with van der Waals surface area (Å²) in [5, 5.41) is 2.99. The fourth-order valence-electron chi connectivity index (χ4n) is 2.07. The molecule has 2 unspecified atom stereocenters. The molecule has 1 aliphatic rings. The quantitative estimate of drug-likeness (QED) is 0.834. The SMILES string of the molecule is CC(CN)CCC(=O)NC(C)c1ccc2c(c1)OCO2.